The molecular weight excluding hydrogens is 575 g/mol. The van der Waals surface area contributed by atoms with Crippen molar-refractivity contribution in [2.45, 2.75) is 112 Å². The predicted molar refractivity (Wildman–Crippen MR) is 183 cm³/mol. The fourth-order valence-corrected chi connectivity index (χ4v) is 4.64. The molecule has 2 N–H and O–H groups in total. The van der Waals surface area contributed by atoms with Crippen molar-refractivity contribution in [3.8, 4) is 11.5 Å². The van der Waals surface area contributed by atoms with E-state index in [9.17, 15) is 10.2 Å². The van der Waals surface area contributed by atoms with Crippen LogP contribution in [0.3, 0.4) is 0 Å². The summed E-state index contributed by atoms with van der Waals surface area (Å²) in [6, 6.07) is 14.2. The van der Waals surface area contributed by atoms with Gasteiger partial charge in [-0.1, -0.05) is 101 Å². The zero-order valence-electron chi connectivity index (χ0n) is 28.8. The summed E-state index contributed by atoms with van der Waals surface area (Å²) in [7, 11) is 0. The van der Waals surface area contributed by atoms with Gasteiger partial charge in [0, 0.05) is 51.5 Å². The first kappa shape index (κ1) is 38.1. The average molecular weight is 629 g/mol. The van der Waals surface area contributed by atoms with Gasteiger partial charge in [-0.15, -0.1) is 0 Å². The maximum absolute atomic E-state index is 11.2. The Labute approximate surface area is 272 Å². The standard InChI is InChI=1S/C37H50N2O2.CH3.Co/c1-23-14-15-30(38-21-24-17-26(34(2,3)4)19-28(32(24)40)36(8,9)10)31(16-23)39-22-25-18-27(35(5,6)7)20-29(33(25)41)37(11,12)13;;/h14-22,40-41H,1-13H3;1H3;/q;-1;. The van der Waals surface area contributed by atoms with Crippen molar-refractivity contribution in [3.63, 3.8) is 0 Å². The van der Waals surface area contributed by atoms with E-state index < -0.39 is 0 Å². The van der Waals surface area contributed by atoms with Gasteiger partial charge in [0.1, 0.15) is 11.5 Å². The Hall–Kier alpha value is -2.89. The molecule has 1 radical (unpaired) electrons. The van der Waals surface area contributed by atoms with Crippen LogP contribution in [0.2, 0.25) is 0 Å². The normalized spacial score (nSPS) is 12.9. The molecule has 3 aromatic carbocycles. The third-order valence-corrected chi connectivity index (χ3v) is 7.44. The second-order valence-electron chi connectivity index (χ2n) is 15.4. The SMILES string of the molecule is Cc1ccc(N=Cc2cc(C(C)(C)C)cc(C(C)(C)C)c2O)c(N=Cc2cc(C(C)(C)C)cc(C(C)(C)C)c2O)c1.[CH3-].[Co]. The van der Waals surface area contributed by atoms with Gasteiger partial charge in [-0.2, -0.15) is 0 Å². The number of hydrogen-bond donors (Lipinski definition) is 2. The summed E-state index contributed by atoms with van der Waals surface area (Å²) in [4.78, 5) is 9.64. The average Bonchev–Trinajstić information content (AvgIpc) is 2.80. The molecule has 237 valence electrons. The molecule has 0 spiro atoms. The molecule has 0 aliphatic rings. The first-order chi connectivity index (χ1) is 18.6. The second-order valence-corrected chi connectivity index (χ2v) is 15.4. The van der Waals surface area contributed by atoms with Crippen LogP contribution in [0.25, 0.3) is 0 Å². The van der Waals surface area contributed by atoms with Gasteiger partial charge >= 0.3 is 0 Å². The minimum absolute atomic E-state index is 0. The third kappa shape index (κ3) is 9.30. The molecule has 5 heteroatoms. The molecule has 0 bridgehead atoms. The van der Waals surface area contributed by atoms with Gasteiger partial charge in [-0.05, 0) is 69.5 Å². The van der Waals surface area contributed by atoms with E-state index in [1.165, 1.54) is 0 Å². The van der Waals surface area contributed by atoms with Crippen LogP contribution in [-0.4, -0.2) is 22.6 Å². The van der Waals surface area contributed by atoms with Gasteiger partial charge < -0.3 is 17.6 Å². The van der Waals surface area contributed by atoms with Gasteiger partial charge in [0.05, 0.1) is 11.4 Å². The quantitative estimate of drug-likeness (QED) is 0.223. The summed E-state index contributed by atoms with van der Waals surface area (Å²) in [5.74, 6) is 0.510. The minimum Gasteiger partial charge on any atom is -0.507 e. The molecule has 0 saturated carbocycles. The third-order valence-electron chi connectivity index (χ3n) is 7.44. The number of phenols is 2. The van der Waals surface area contributed by atoms with Gasteiger partial charge in [0.25, 0.3) is 0 Å². The van der Waals surface area contributed by atoms with E-state index in [1.807, 2.05) is 37.3 Å². The zero-order valence-corrected chi connectivity index (χ0v) is 29.9. The molecule has 0 atom stereocenters. The Bertz CT molecular complexity index is 1490. The Morgan fingerprint density at radius 2 is 0.907 bits per heavy atom. The topological polar surface area (TPSA) is 65.2 Å². The van der Waals surface area contributed by atoms with Crippen LogP contribution in [0.5, 0.6) is 11.5 Å². The molecule has 0 unspecified atom stereocenters. The van der Waals surface area contributed by atoms with Crippen LogP contribution in [0, 0.1) is 14.4 Å². The monoisotopic (exact) mass is 628 g/mol. The number of aromatic hydroxyl groups is 2. The van der Waals surface area contributed by atoms with Gasteiger partial charge in [-0.3, -0.25) is 9.98 Å². The molecule has 0 amide bonds. The summed E-state index contributed by atoms with van der Waals surface area (Å²) in [6.45, 7) is 27.7. The Kier molecular flexibility index (Phi) is 11.9. The summed E-state index contributed by atoms with van der Waals surface area (Å²) < 4.78 is 0. The van der Waals surface area contributed by atoms with Gasteiger partial charge in [-0.25, -0.2) is 0 Å². The predicted octanol–water partition coefficient (Wildman–Crippen LogP) is 10.5. The van der Waals surface area contributed by atoms with Crippen molar-refractivity contribution < 1.29 is 27.0 Å². The van der Waals surface area contributed by atoms with Crippen LogP contribution in [-0.2, 0) is 38.4 Å². The number of hydrogen-bond acceptors (Lipinski definition) is 4. The number of aryl methyl sites for hydroxylation is 1. The molecular formula is C38H53CoN2O2-. The van der Waals surface area contributed by atoms with Crippen molar-refractivity contribution in [3.05, 3.63) is 88.8 Å². The van der Waals surface area contributed by atoms with Crippen molar-refractivity contribution in [1.29, 1.82) is 0 Å². The van der Waals surface area contributed by atoms with Crippen LogP contribution >= 0.6 is 0 Å². The van der Waals surface area contributed by atoms with Crippen LogP contribution in [0.1, 0.15) is 122 Å². The van der Waals surface area contributed by atoms with E-state index in [0.717, 1.165) is 27.8 Å². The van der Waals surface area contributed by atoms with Crippen LogP contribution in [0.15, 0.2) is 52.4 Å². The summed E-state index contributed by atoms with van der Waals surface area (Å²) in [5, 5.41) is 22.5. The molecule has 0 saturated heterocycles. The number of phenolic OH excluding ortho intramolecular Hbond substituents is 2. The summed E-state index contributed by atoms with van der Waals surface area (Å²) in [6.07, 6.45) is 3.47. The largest absolute Gasteiger partial charge is 0.507 e. The fourth-order valence-electron chi connectivity index (χ4n) is 4.64. The van der Waals surface area contributed by atoms with E-state index >= 15 is 0 Å². The molecule has 4 nitrogen and oxygen atoms in total. The van der Waals surface area contributed by atoms with Gasteiger partial charge in [0.2, 0.25) is 0 Å². The first-order valence-corrected chi connectivity index (χ1v) is 14.5. The number of aliphatic imine (C=N–C) groups is 2. The maximum Gasteiger partial charge on any atom is 0.128 e. The summed E-state index contributed by atoms with van der Waals surface area (Å²) >= 11 is 0. The number of benzene rings is 3. The van der Waals surface area contributed by atoms with Crippen molar-refractivity contribution in [1.82, 2.24) is 0 Å². The van der Waals surface area contributed by atoms with E-state index in [4.69, 9.17) is 9.98 Å². The van der Waals surface area contributed by atoms with E-state index in [1.54, 1.807) is 12.4 Å². The van der Waals surface area contributed by atoms with Crippen molar-refractivity contribution in [2.75, 3.05) is 0 Å². The zero-order chi connectivity index (χ0) is 31.1. The van der Waals surface area contributed by atoms with E-state index in [-0.39, 0.29) is 57.4 Å². The molecule has 43 heavy (non-hydrogen) atoms. The van der Waals surface area contributed by atoms with Crippen molar-refractivity contribution >= 4 is 23.8 Å². The van der Waals surface area contributed by atoms with Crippen LogP contribution < -0.4 is 0 Å². The number of nitrogens with zero attached hydrogens (tertiary/aromatic N) is 2. The Morgan fingerprint density at radius 1 is 0.535 bits per heavy atom. The molecule has 0 aromatic heterocycles. The smallest absolute Gasteiger partial charge is 0.128 e. The maximum atomic E-state index is 11.2. The first-order valence-electron chi connectivity index (χ1n) is 14.5. The molecule has 0 aliphatic heterocycles. The Balaban J connectivity index is 0.00000462. The molecule has 0 heterocycles. The number of rotatable bonds is 4. The molecule has 3 rings (SSSR count). The fraction of sp³-hybridized carbons (Fsp3) is 0.447. The van der Waals surface area contributed by atoms with Gasteiger partial charge in [0.15, 0.2) is 0 Å². The minimum atomic E-state index is -0.220. The molecule has 0 fully saturated rings. The molecule has 3 aromatic rings. The van der Waals surface area contributed by atoms with Crippen molar-refractivity contribution in [2.24, 2.45) is 9.98 Å². The van der Waals surface area contributed by atoms with E-state index in [2.05, 4.69) is 95.2 Å². The van der Waals surface area contributed by atoms with Crippen LogP contribution in [0.4, 0.5) is 11.4 Å². The summed E-state index contributed by atoms with van der Waals surface area (Å²) in [5.41, 5.74) is 7.31. The Morgan fingerprint density at radius 3 is 1.26 bits per heavy atom. The van der Waals surface area contributed by atoms with E-state index in [0.29, 0.717) is 22.5 Å². The molecule has 0 aliphatic carbocycles. The second kappa shape index (κ2) is 13.4.